The van der Waals surface area contributed by atoms with Crippen molar-refractivity contribution < 1.29 is 13.2 Å². The average Bonchev–Trinajstić information content (AvgIpc) is 3.00. The van der Waals surface area contributed by atoms with Gasteiger partial charge in [-0.3, -0.25) is 4.79 Å². The number of hydrogen-bond acceptors (Lipinski definition) is 3. The van der Waals surface area contributed by atoms with E-state index < -0.39 is 10.0 Å². The second-order valence-electron chi connectivity index (χ2n) is 7.43. The lowest BCUT2D eigenvalue weighted by molar-refractivity contribution is 0.0954. The Kier molecular flexibility index (Phi) is 7.33. The second-order valence-corrected chi connectivity index (χ2v) is 9.77. The highest BCUT2D eigenvalue weighted by atomic mass is 35.5. The lowest BCUT2D eigenvalue weighted by Gasteiger charge is -2.21. The quantitative estimate of drug-likeness (QED) is 0.741. The summed E-state index contributed by atoms with van der Waals surface area (Å²) in [6.45, 7) is 3.31. The van der Waals surface area contributed by atoms with Crippen LogP contribution in [0.3, 0.4) is 0 Å². The normalized spacial score (nSPS) is 15.7. The van der Waals surface area contributed by atoms with Gasteiger partial charge in [0, 0.05) is 30.2 Å². The van der Waals surface area contributed by atoms with E-state index >= 15 is 0 Å². The molecule has 1 aliphatic rings. The van der Waals surface area contributed by atoms with Gasteiger partial charge >= 0.3 is 0 Å². The highest BCUT2D eigenvalue weighted by Gasteiger charge is 2.27. The topological polar surface area (TPSA) is 66.5 Å². The van der Waals surface area contributed by atoms with Crippen LogP contribution in [0.2, 0.25) is 5.02 Å². The number of halogens is 1. The number of rotatable bonds is 6. The summed E-state index contributed by atoms with van der Waals surface area (Å²) >= 11 is 5.88. The summed E-state index contributed by atoms with van der Waals surface area (Å²) in [6, 6.07) is 12.4. The number of aryl methyl sites for hydroxylation is 1. The highest BCUT2D eigenvalue weighted by molar-refractivity contribution is 7.89. The van der Waals surface area contributed by atoms with Crippen molar-refractivity contribution in [1.82, 2.24) is 9.62 Å². The van der Waals surface area contributed by atoms with Gasteiger partial charge in [-0.15, -0.1) is 0 Å². The van der Waals surface area contributed by atoms with Crippen LogP contribution in [0.1, 0.15) is 47.2 Å². The molecule has 0 radical (unpaired) electrons. The molecule has 0 atom stereocenters. The number of carbonyl (C=O) groups is 1. The molecule has 2 aromatic carbocycles. The first-order valence-corrected chi connectivity index (χ1v) is 11.8. The van der Waals surface area contributed by atoms with Gasteiger partial charge in [0.1, 0.15) is 0 Å². The van der Waals surface area contributed by atoms with E-state index in [4.69, 9.17) is 11.6 Å². The van der Waals surface area contributed by atoms with Crippen LogP contribution in [0.25, 0.3) is 0 Å². The molecule has 0 spiro atoms. The molecule has 7 heteroatoms. The molecule has 5 nitrogen and oxygen atoms in total. The van der Waals surface area contributed by atoms with Gasteiger partial charge in [0.2, 0.25) is 10.0 Å². The number of benzene rings is 2. The zero-order valence-corrected chi connectivity index (χ0v) is 18.2. The fraction of sp³-hybridized carbons (Fsp3) is 0.409. The summed E-state index contributed by atoms with van der Waals surface area (Å²) in [4.78, 5) is 12.8. The minimum absolute atomic E-state index is 0.227. The Morgan fingerprint density at radius 2 is 1.69 bits per heavy atom. The molecule has 1 aliphatic heterocycles. The molecule has 0 saturated carbocycles. The van der Waals surface area contributed by atoms with Gasteiger partial charge in [0.25, 0.3) is 5.91 Å². The molecule has 0 unspecified atom stereocenters. The lowest BCUT2D eigenvalue weighted by atomic mass is 10.1. The van der Waals surface area contributed by atoms with Gasteiger partial charge < -0.3 is 5.32 Å². The minimum atomic E-state index is -3.60. The highest BCUT2D eigenvalue weighted by Crippen LogP contribution is 2.24. The van der Waals surface area contributed by atoms with E-state index in [1.54, 1.807) is 23.4 Å². The number of carbonyl (C=O) groups excluding carboxylic acids is 1. The van der Waals surface area contributed by atoms with Crippen LogP contribution in [-0.2, 0) is 16.4 Å². The molecule has 1 fully saturated rings. The molecule has 1 saturated heterocycles. The minimum Gasteiger partial charge on any atom is -0.352 e. The molecule has 2 aromatic rings. The first-order valence-electron chi connectivity index (χ1n) is 10.0. The average molecular weight is 435 g/mol. The van der Waals surface area contributed by atoms with Gasteiger partial charge in [-0.1, -0.05) is 42.6 Å². The van der Waals surface area contributed by atoms with Crippen molar-refractivity contribution >= 4 is 27.5 Å². The number of nitrogens with one attached hydrogen (secondary N) is 1. The molecule has 156 valence electrons. The summed E-state index contributed by atoms with van der Waals surface area (Å²) in [5.41, 5.74) is 2.09. The van der Waals surface area contributed by atoms with Crippen LogP contribution < -0.4 is 5.32 Å². The lowest BCUT2D eigenvalue weighted by Crippen LogP contribution is -2.33. The van der Waals surface area contributed by atoms with E-state index in [2.05, 4.69) is 5.32 Å². The summed E-state index contributed by atoms with van der Waals surface area (Å²) in [5, 5.41) is 3.55. The van der Waals surface area contributed by atoms with Crippen molar-refractivity contribution in [2.24, 2.45) is 0 Å². The fourth-order valence-corrected chi connectivity index (χ4v) is 5.41. The van der Waals surface area contributed by atoms with E-state index in [0.717, 1.165) is 31.2 Å². The predicted molar refractivity (Wildman–Crippen MR) is 116 cm³/mol. The van der Waals surface area contributed by atoms with Crippen LogP contribution in [0, 0.1) is 6.92 Å². The third-order valence-electron chi connectivity index (χ3n) is 5.25. The van der Waals surface area contributed by atoms with Gasteiger partial charge in [-0.2, -0.15) is 4.31 Å². The summed E-state index contributed by atoms with van der Waals surface area (Å²) in [7, 11) is -3.60. The van der Waals surface area contributed by atoms with E-state index in [0.29, 0.717) is 42.2 Å². The van der Waals surface area contributed by atoms with Crippen LogP contribution in [0.4, 0.5) is 0 Å². The Morgan fingerprint density at radius 1 is 1.03 bits per heavy atom. The van der Waals surface area contributed by atoms with E-state index in [9.17, 15) is 13.2 Å². The number of nitrogens with zero attached hydrogens (tertiary/aromatic N) is 1. The van der Waals surface area contributed by atoms with Gasteiger partial charge in [0.15, 0.2) is 0 Å². The van der Waals surface area contributed by atoms with Gasteiger partial charge in [-0.25, -0.2) is 8.42 Å². The van der Waals surface area contributed by atoms with Crippen molar-refractivity contribution in [1.29, 1.82) is 0 Å². The van der Waals surface area contributed by atoms with E-state index in [-0.39, 0.29) is 10.8 Å². The van der Waals surface area contributed by atoms with Crippen molar-refractivity contribution in [2.45, 2.75) is 43.9 Å². The third kappa shape index (κ3) is 5.59. The first kappa shape index (κ1) is 21.8. The Balaban J connectivity index is 1.70. The van der Waals surface area contributed by atoms with Crippen LogP contribution in [-0.4, -0.2) is 38.3 Å². The molecule has 3 rings (SSSR count). The summed E-state index contributed by atoms with van der Waals surface area (Å²) in [5.74, 6) is -0.272. The zero-order chi connectivity index (χ0) is 20.9. The monoisotopic (exact) mass is 434 g/mol. The second kappa shape index (κ2) is 9.74. The standard InChI is InChI=1S/C22H27ClN2O3S/c1-17-6-9-19(22(26)24-13-12-18-7-10-20(23)11-8-18)16-21(17)29(27,28)25-14-4-2-3-5-15-25/h6-11,16H,2-5,12-15H2,1H3,(H,24,26). The van der Waals surface area contributed by atoms with Crippen LogP contribution in [0.15, 0.2) is 47.4 Å². The van der Waals surface area contributed by atoms with Crippen molar-refractivity contribution in [3.8, 4) is 0 Å². The SMILES string of the molecule is Cc1ccc(C(=O)NCCc2ccc(Cl)cc2)cc1S(=O)(=O)N1CCCCCC1. The molecular weight excluding hydrogens is 408 g/mol. The molecule has 0 aromatic heterocycles. The summed E-state index contributed by atoms with van der Waals surface area (Å²) in [6.07, 6.45) is 4.54. The van der Waals surface area contributed by atoms with Gasteiger partial charge in [-0.05, 0) is 61.6 Å². The van der Waals surface area contributed by atoms with Crippen molar-refractivity contribution in [2.75, 3.05) is 19.6 Å². The zero-order valence-electron chi connectivity index (χ0n) is 16.7. The van der Waals surface area contributed by atoms with Crippen LogP contribution in [0.5, 0.6) is 0 Å². The molecule has 1 amide bonds. The maximum absolute atomic E-state index is 13.1. The smallest absolute Gasteiger partial charge is 0.251 e. The number of hydrogen-bond donors (Lipinski definition) is 1. The molecule has 0 bridgehead atoms. The molecule has 1 N–H and O–H groups in total. The van der Waals surface area contributed by atoms with Crippen molar-refractivity contribution in [3.05, 3.63) is 64.2 Å². The Bertz CT molecular complexity index is 951. The van der Waals surface area contributed by atoms with E-state index in [1.165, 1.54) is 6.07 Å². The summed E-state index contributed by atoms with van der Waals surface area (Å²) < 4.78 is 27.9. The third-order valence-corrected chi connectivity index (χ3v) is 7.54. The van der Waals surface area contributed by atoms with E-state index in [1.807, 2.05) is 24.3 Å². The molecule has 29 heavy (non-hydrogen) atoms. The first-order chi connectivity index (χ1) is 13.9. The Morgan fingerprint density at radius 3 is 2.34 bits per heavy atom. The predicted octanol–water partition coefficient (Wildman–Crippen LogP) is 4.19. The van der Waals surface area contributed by atoms with Gasteiger partial charge in [0.05, 0.1) is 4.90 Å². The molecule has 1 heterocycles. The Hall–Kier alpha value is -1.89. The maximum atomic E-state index is 13.1. The largest absolute Gasteiger partial charge is 0.352 e. The number of sulfonamides is 1. The molecule has 0 aliphatic carbocycles. The molecular formula is C22H27ClN2O3S. The van der Waals surface area contributed by atoms with Crippen molar-refractivity contribution in [3.63, 3.8) is 0 Å². The maximum Gasteiger partial charge on any atom is 0.251 e. The Labute approximate surface area is 178 Å². The van der Waals surface area contributed by atoms with Crippen LogP contribution >= 0.6 is 11.6 Å². The number of amides is 1. The fourth-order valence-electron chi connectivity index (χ4n) is 3.51.